The molecule has 0 spiro atoms. The van der Waals surface area contributed by atoms with Crippen molar-refractivity contribution < 1.29 is 9.21 Å². The van der Waals surface area contributed by atoms with Crippen LogP contribution in [0.3, 0.4) is 0 Å². The lowest BCUT2D eigenvalue weighted by molar-refractivity contribution is 0.102. The number of hydrogen-bond donors (Lipinski definition) is 0. The molecule has 27 heavy (non-hydrogen) atoms. The molecule has 0 aliphatic carbocycles. The van der Waals surface area contributed by atoms with Crippen LogP contribution in [0.25, 0.3) is 11.5 Å². The first-order valence-corrected chi connectivity index (χ1v) is 10.2. The van der Waals surface area contributed by atoms with Gasteiger partial charge in [-0.25, -0.2) is 0 Å². The third-order valence-corrected chi connectivity index (χ3v) is 5.57. The molecule has 5 heteroatoms. The molecular formula is C22H24N2O2S. The number of nitrogens with zero attached hydrogens (tertiary/aromatic N) is 2. The van der Waals surface area contributed by atoms with Gasteiger partial charge in [0.05, 0.1) is 5.75 Å². The molecule has 0 N–H and O–H groups in total. The minimum absolute atomic E-state index is 0.0954. The Hall–Kier alpha value is -2.40. The summed E-state index contributed by atoms with van der Waals surface area (Å²) in [5, 5.41) is 8.62. The van der Waals surface area contributed by atoms with E-state index in [-0.39, 0.29) is 11.5 Å². The summed E-state index contributed by atoms with van der Waals surface area (Å²) in [4.78, 5) is 12.7. The fraction of sp³-hybridized carbons (Fsp3) is 0.318. The summed E-state index contributed by atoms with van der Waals surface area (Å²) in [6.07, 6.45) is 1.76. The molecule has 0 fully saturated rings. The molecule has 0 atom stereocenters. The smallest absolute Gasteiger partial charge is 0.277 e. The zero-order valence-electron chi connectivity index (χ0n) is 16.2. The average Bonchev–Trinajstić information content (AvgIpc) is 3.16. The van der Waals surface area contributed by atoms with E-state index in [4.69, 9.17) is 4.42 Å². The molecule has 3 rings (SSSR count). The summed E-state index contributed by atoms with van der Waals surface area (Å²) in [7, 11) is 0. The van der Waals surface area contributed by atoms with Gasteiger partial charge in [-0.15, -0.1) is 10.2 Å². The number of Topliss-reactive ketones (excluding diaryl/α,β-unsaturated/α-hetero) is 1. The van der Waals surface area contributed by atoms with Crippen molar-refractivity contribution in [2.45, 2.75) is 45.8 Å². The lowest BCUT2D eigenvalue weighted by Crippen LogP contribution is -2.07. The van der Waals surface area contributed by atoms with Gasteiger partial charge in [-0.1, -0.05) is 43.8 Å². The Morgan fingerprint density at radius 2 is 1.81 bits per heavy atom. The third-order valence-electron chi connectivity index (χ3n) is 4.75. The average molecular weight is 381 g/mol. The Morgan fingerprint density at radius 1 is 1.00 bits per heavy atom. The zero-order valence-corrected chi connectivity index (χ0v) is 17.0. The zero-order chi connectivity index (χ0) is 19.4. The minimum atomic E-state index is 0.0954. The Bertz CT molecular complexity index is 963. The highest BCUT2D eigenvalue weighted by atomic mass is 32.2. The predicted octanol–water partition coefficient (Wildman–Crippen LogP) is 5.45. The van der Waals surface area contributed by atoms with E-state index in [2.05, 4.69) is 50.0 Å². The van der Waals surface area contributed by atoms with Crippen LogP contribution in [-0.4, -0.2) is 21.7 Å². The second-order valence-electron chi connectivity index (χ2n) is 6.58. The quantitative estimate of drug-likeness (QED) is 0.403. The van der Waals surface area contributed by atoms with Crippen LogP contribution in [0.5, 0.6) is 0 Å². The Morgan fingerprint density at radius 3 is 2.52 bits per heavy atom. The molecule has 2 aromatic carbocycles. The van der Waals surface area contributed by atoms with Crippen LogP contribution in [0.4, 0.5) is 0 Å². The number of thioether (sulfide) groups is 1. The first-order valence-electron chi connectivity index (χ1n) is 9.20. The Labute approximate surface area is 164 Å². The number of carbonyl (C=O) groups is 1. The highest BCUT2D eigenvalue weighted by molar-refractivity contribution is 7.99. The maximum Gasteiger partial charge on any atom is 0.277 e. The summed E-state index contributed by atoms with van der Waals surface area (Å²) in [6.45, 7) is 8.28. The van der Waals surface area contributed by atoms with Gasteiger partial charge in [-0.2, -0.15) is 0 Å². The lowest BCUT2D eigenvalue weighted by Gasteiger charge is -2.08. The first kappa shape index (κ1) is 19.4. The maximum absolute atomic E-state index is 12.7. The van der Waals surface area contributed by atoms with E-state index in [0.29, 0.717) is 11.1 Å². The van der Waals surface area contributed by atoms with Crippen LogP contribution in [0.1, 0.15) is 46.5 Å². The largest absolute Gasteiger partial charge is 0.411 e. The van der Waals surface area contributed by atoms with Crippen LogP contribution in [0.15, 0.2) is 46.0 Å². The Balaban J connectivity index is 1.71. The van der Waals surface area contributed by atoms with Gasteiger partial charge in [0.2, 0.25) is 5.89 Å². The predicted molar refractivity (Wildman–Crippen MR) is 109 cm³/mol. The SMILES string of the molecule is CCc1ccc(CC)c(C(=O)CSc2nnc(-c3ccc(C)c(C)c3)o2)c1. The molecule has 0 saturated carbocycles. The topological polar surface area (TPSA) is 56.0 Å². The summed E-state index contributed by atoms with van der Waals surface area (Å²) in [6, 6.07) is 12.2. The van der Waals surface area contributed by atoms with E-state index < -0.39 is 0 Å². The molecule has 0 radical (unpaired) electrons. The molecule has 0 aliphatic heterocycles. The van der Waals surface area contributed by atoms with Gasteiger partial charge in [0, 0.05) is 11.1 Å². The van der Waals surface area contributed by atoms with Crippen molar-refractivity contribution in [1.82, 2.24) is 10.2 Å². The van der Waals surface area contributed by atoms with Crippen molar-refractivity contribution in [3.8, 4) is 11.5 Å². The van der Waals surface area contributed by atoms with Gasteiger partial charge in [-0.3, -0.25) is 4.79 Å². The van der Waals surface area contributed by atoms with Crippen LogP contribution >= 0.6 is 11.8 Å². The highest BCUT2D eigenvalue weighted by Gasteiger charge is 2.15. The standard InChI is InChI=1S/C22H24N2O2S/c1-5-16-8-10-17(6-2)19(12-16)20(25)13-27-22-24-23-21(26-22)18-9-7-14(3)15(4)11-18/h7-12H,5-6,13H2,1-4H3. The Kier molecular flexibility index (Phi) is 6.11. The molecule has 0 amide bonds. The van der Waals surface area contributed by atoms with Gasteiger partial charge >= 0.3 is 0 Å². The van der Waals surface area contributed by atoms with E-state index in [0.717, 1.165) is 29.5 Å². The van der Waals surface area contributed by atoms with Crippen LogP contribution in [0.2, 0.25) is 0 Å². The van der Waals surface area contributed by atoms with Crippen LogP contribution in [-0.2, 0) is 12.8 Å². The molecule has 0 bridgehead atoms. The molecule has 4 nitrogen and oxygen atoms in total. The minimum Gasteiger partial charge on any atom is -0.411 e. The van der Waals surface area contributed by atoms with E-state index in [9.17, 15) is 4.79 Å². The number of rotatable bonds is 7. The number of aromatic nitrogens is 2. The van der Waals surface area contributed by atoms with E-state index in [1.54, 1.807) is 0 Å². The highest BCUT2D eigenvalue weighted by Crippen LogP contribution is 2.26. The number of benzene rings is 2. The van der Waals surface area contributed by atoms with Gasteiger partial charge in [0.15, 0.2) is 5.78 Å². The molecule has 0 unspecified atom stereocenters. The number of hydrogen-bond acceptors (Lipinski definition) is 5. The fourth-order valence-corrected chi connectivity index (χ4v) is 3.52. The number of ketones is 1. The van der Waals surface area contributed by atoms with E-state index >= 15 is 0 Å². The van der Waals surface area contributed by atoms with Gasteiger partial charge in [-0.05, 0) is 67.1 Å². The van der Waals surface area contributed by atoms with E-state index in [1.165, 1.54) is 28.5 Å². The molecule has 0 aliphatic rings. The van der Waals surface area contributed by atoms with Crippen molar-refractivity contribution in [3.05, 3.63) is 64.2 Å². The third kappa shape index (κ3) is 4.48. The van der Waals surface area contributed by atoms with Crippen molar-refractivity contribution >= 4 is 17.5 Å². The second kappa shape index (κ2) is 8.53. The second-order valence-corrected chi connectivity index (χ2v) is 7.51. The molecule has 0 saturated heterocycles. The first-order chi connectivity index (χ1) is 13.0. The maximum atomic E-state index is 12.7. The summed E-state index contributed by atoms with van der Waals surface area (Å²) in [5.41, 5.74) is 6.36. The van der Waals surface area contributed by atoms with Crippen LogP contribution in [0, 0.1) is 13.8 Å². The number of carbonyl (C=O) groups excluding carboxylic acids is 1. The number of aryl methyl sites for hydroxylation is 4. The molecule has 3 aromatic rings. The summed E-state index contributed by atoms with van der Waals surface area (Å²) >= 11 is 1.29. The van der Waals surface area contributed by atoms with Crippen molar-refractivity contribution in [1.29, 1.82) is 0 Å². The van der Waals surface area contributed by atoms with Crippen LogP contribution < -0.4 is 0 Å². The van der Waals surface area contributed by atoms with E-state index in [1.807, 2.05) is 24.3 Å². The van der Waals surface area contributed by atoms with Gasteiger partial charge in [0.25, 0.3) is 5.22 Å². The normalized spacial score (nSPS) is 11.0. The summed E-state index contributed by atoms with van der Waals surface area (Å²) < 4.78 is 5.74. The fourth-order valence-electron chi connectivity index (χ4n) is 2.88. The lowest BCUT2D eigenvalue weighted by atomic mass is 9.98. The molecule has 1 aromatic heterocycles. The molecular weight excluding hydrogens is 356 g/mol. The monoisotopic (exact) mass is 380 g/mol. The van der Waals surface area contributed by atoms with Gasteiger partial charge < -0.3 is 4.42 Å². The molecule has 140 valence electrons. The molecule has 1 heterocycles. The van der Waals surface area contributed by atoms with Crippen molar-refractivity contribution in [2.24, 2.45) is 0 Å². The summed E-state index contributed by atoms with van der Waals surface area (Å²) in [5.74, 6) is 0.864. The van der Waals surface area contributed by atoms with Crippen molar-refractivity contribution in [3.63, 3.8) is 0 Å². The van der Waals surface area contributed by atoms with Crippen molar-refractivity contribution in [2.75, 3.05) is 5.75 Å². The van der Waals surface area contributed by atoms with Gasteiger partial charge in [0.1, 0.15) is 0 Å².